The van der Waals surface area contributed by atoms with Crippen molar-refractivity contribution in [2.45, 2.75) is 52.0 Å². The first-order valence-corrected chi connectivity index (χ1v) is 11.2. The summed E-state index contributed by atoms with van der Waals surface area (Å²) in [5, 5.41) is 2.58. The first-order valence-electron chi connectivity index (χ1n) is 10.6. The predicted molar refractivity (Wildman–Crippen MR) is 127 cm³/mol. The van der Waals surface area contributed by atoms with Crippen molar-refractivity contribution >= 4 is 23.7 Å². The molecule has 0 saturated heterocycles. The number of alkyl carbamates (subject to hydrolysis) is 1. The number of halogens is 1. The van der Waals surface area contributed by atoms with Crippen LogP contribution >= 0.6 is 11.6 Å². The first kappa shape index (κ1) is 26.2. The Bertz CT molecular complexity index is 898. The minimum Gasteiger partial charge on any atom is -0.459 e. The lowest BCUT2D eigenvalue weighted by Crippen LogP contribution is -2.44. The van der Waals surface area contributed by atoms with Crippen LogP contribution in [0.3, 0.4) is 0 Å². The van der Waals surface area contributed by atoms with Crippen LogP contribution in [0.15, 0.2) is 72.4 Å². The zero-order valence-corrected chi connectivity index (χ0v) is 19.9. The monoisotopic (exact) mass is 474 g/mol. The number of amides is 1. The van der Waals surface area contributed by atoms with Gasteiger partial charge in [0.25, 0.3) is 0 Å². The Morgan fingerprint density at radius 3 is 2.09 bits per heavy atom. The summed E-state index contributed by atoms with van der Waals surface area (Å²) in [6.07, 6.45) is 1.11. The molecule has 178 valence electrons. The van der Waals surface area contributed by atoms with E-state index in [4.69, 9.17) is 25.9 Å². The Balaban J connectivity index is 1.98. The van der Waals surface area contributed by atoms with Gasteiger partial charge in [0, 0.05) is 5.70 Å². The number of ether oxygens (including phenoxy) is 2. The fourth-order valence-corrected chi connectivity index (χ4v) is 2.83. The molecule has 0 saturated carbocycles. The van der Waals surface area contributed by atoms with Crippen molar-refractivity contribution in [2.75, 3.05) is 5.88 Å². The molecular weight excluding hydrogens is 444 g/mol. The molecule has 0 aliphatic rings. The summed E-state index contributed by atoms with van der Waals surface area (Å²) < 4.78 is 10.7. The molecule has 0 heterocycles. The van der Waals surface area contributed by atoms with Gasteiger partial charge in [0.1, 0.15) is 18.2 Å². The van der Waals surface area contributed by atoms with E-state index in [-0.39, 0.29) is 18.9 Å². The summed E-state index contributed by atoms with van der Waals surface area (Å²) in [5.74, 6) is -0.451. The van der Waals surface area contributed by atoms with Crippen molar-refractivity contribution in [3.05, 3.63) is 83.6 Å². The zero-order chi connectivity index (χ0) is 24.1. The van der Waals surface area contributed by atoms with Crippen molar-refractivity contribution < 1.29 is 23.9 Å². The van der Waals surface area contributed by atoms with E-state index in [2.05, 4.69) is 10.8 Å². The van der Waals surface area contributed by atoms with Gasteiger partial charge in [-0.1, -0.05) is 66.7 Å². The molecule has 0 fully saturated rings. The third kappa shape index (κ3) is 10.9. The van der Waals surface area contributed by atoms with E-state index >= 15 is 0 Å². The van der Waals surface area contributed by atoms with Crippen LogP contribution in [0.25, 0.3) is 0 Å². The Hall–Kier alpha value is -3.03. The minimum atomic E-state index is -0.960. The van der Waals surface area contributed by atoms with Crippen molar-refractivity contribution in [3.63, 3.8) is 0 Å². The highest BCUT2D eigenvalue weighted by molar-refractivity contribution is 6.19. The van der Waals surface area contributed by atoms with E-state index in [0.29, 0.717) is 12.3 Å². The van der Waals surface area contributed by atoms with Crippen molar-refractivity contribution in [1.29, 1.82) is 0 Å². The predicted octanol–water partition coefficient (Wildman–Crippen LogP) is 4.86. The van der Waals surface area contributed by atoms with Crippen LogP contribution in [0, 0.1) is 0 Å². The number of hydrogen-bond donors (Lipinski definition) is 2. The van der Waals surface area contributed by atoms with E-state index in [1.165, 1.54) is 0 Å². The molecule has 33 heavy (non-hydrogen) atoms. The molecule has 2 N–H and O–H groups in total. The van der Waals surface area contributed by atoms with Gasteiger partial charge in [-0.3, -0.25) is 10.3 Å². The van der Waals surface area contributed by atoms with Gasteiger partial charge in [-0.05, 0) is 38.3 Å². The van der Waals surface area contributed by atoms with Gasteiger partial charge < -0.3 is 14.8 Å². The maximum Gasteiger partial charge on any atom is 0.408 e. The molecule has 0 spiro atoms. The topological polar surface area (TPSA) is 85.9 Å². The van der Waals surface area contributed by atoms with E-state index in [0.717, 1.165) is 11.1 Å². The SMILES string of the molecule is CC(C)(C)OC(=O)N[C@@H](CC=C(CCl)NOCc1ccccc1)C(=O)OCc1ccccc1. The molecule has 0 bridgehead atoms. The number of carbonyl (C=O) groups excluding carboxylic acids is 2. The van der Waals surface area contributed by atoms with Gasteiger partial charge in [0.05, 0.1) is 12.5 Å². The third-order valence-electron chi connectivity index (χ3n) is 4.23. The average Bonchev–Trinajstić information content (AvgIpc) is 2.79. The molecule has 0 aliphatic heterocycles. The van der Waals surface area contributed by atoms with Crippen LogP contribution < -0.4 is 10.8 Å². The van der Waals surface area contributed by atoms with Crippen molar-refractivity contribution in [3.8, 4) is 0 Å². The van der Waals surface area contributed by atoms with Gasteiger partial charge in [-0.2, -0.15) is 0 Å². The van der Waals surface area contributed by atoms with Crippen molar-refractivity contribution in [2.24, 2.45) is 0 Å². The van der Waals surface area contributed by atoms with Gasteiger partial charge in [-0.25, -0.2) is 9.59 Å². The Labute approximate surface area is 200 Å². The summed E-state index contributed by atoms with van der Waals surface area (Å²) >= 11 is 6.01. The lowest BCUT2D eigenvalue weighted by atomic mass is 10.2. The Morgan fingerprint density at radius 2 is 1.55 bits per heavy atom. The number of rotatable bonds is 11. The number of hydrogen-bond acceptors (Lipinski definition) is 6. The second-order valence-electron chi connectivity index (χ2n) is 8.27. The molecule has 1 atom stereocenters. The van der Waals surface area contributed by atoms with Gasteiger partial charge in [-0.15, -0.1) is 11.6 Å². The molecule has 7 nitrogen and oxygen atoms in total. The molecule has 0 aromatic heterocycles. The third-order valence-corrected chi connectivity index (χ3v) is 4.52. The molecule has 2 aromatic carbocycles. The van der Waals surface area contributed by atoms with Crippen LogP contribution in [0.5, 0.6) is 0 Å². The van der Waals surface area contributed by atoms with E-state index < -0.39 is 23.7 Å². The first-order chi connectivity index (χ1) is 15.8. The van der Waals surface area contributed by atoms with E-state index in [1.54, 1.807) is 26.8 Å². The molecule has 0 radical (unpaired) electrons. The number of alkyl halides is 1. The van der Waals surface area contributed by atoms with E-state index in [9.17, 15) is 9.59 Å². The molecular formula is C25H31ClN2O5. The Kier molecular flexibility index (Phi) is 10.7. The lowest BCUT2D eigenvalue weighted by Gasteiger charge is -2.22. The molecule has 8 heteroatoms. The van der Waals surface area contributed by atoms with Crippen LogP contribution in [-0.2, 0) is 32.3 Å². The summed E-state index contributed by atoms with van der Waals surface area (Å²) in [4.78, 5) is 30.5. The summed E-state index contributed by atoms with van der Waals surface area (Å²) in [5.41, 5.74) is 4.48. The van der Waals surface area contributed by atoms with Gasteiger partial charge in [0.15, 0.2) is 0 Å². The fourth-order valence-electron chi connectivity index (χ4n) is 2.66. The quantitative estimate of drug-likeness (QED) is 0.275. The highest BCUT2D eigenvalue weighted by Gasteiger charge is 2.25. The maximum absolute atomic E-state index is 12.7. The second-order valence-corrected chi connectivity index (χ2v) is 8.53. The van der Waals surface area contributed by atoms with Gasteiger partial charge in [0.2, 0.25) is 0 Å². The highest BCUT2D eigenvalue weighted by atomic mass is 35.5. The van der Waals surface area contributed by atoms with Gasteiger partial charge >= 0.3 is 12.1 Å². The average molecular weight is 475 g/mol. The standard InChI is InChI=1S/C25H31ClN2O5/c1-25(2,3)33-24(30)27-22(23(29)31-17-19-10-6-4-7-11-19)15-14-21(16-26)28-32-18-20-12-8-5-9-13-20/h4-14,22,28H,15-18H2,1-3H3,(H,27,30)/t22-/m0/s1. The number of carbonyl (C=O) groups is 2. The van der Waals surface area contributed by atoms with Crippen LogP contribution in [0.2, 0.25) is 0 Å². The molecule has 0 aliphatic carbocycles. The number of hydroxylamine groups is 1. The molecule has 0 unspecified atom stereocenters. The summed E-state index contributed by atoms with van der Waals surface area (Å²) in [6.45, 7) is 5.67. The van der Waals surface area contributed by atoms with E-state index in [1.807, 2.05) is 60.7 Å². The Morgan fingerprint density at radius 1 is 0.970 bits per heavy atom. The zero-order valence-electron chi connectivity index (χ0n) is 19.2. The number of benzene rings is 2. The molecule has 2 aromatic rings. The van der Waals surface area contributed by atoms with Crippen LogP contribution in [-0.4, -0.2) is 29.6 Å². The minimum absolute atomic E-state index is 0.0939. The second kappa shape index (κ2) is 13.5. The largest absolute Gasteiger partial charge is 0.459 e. The fraction of sp³-hybridized carbons (Fsp3) is 0.360. The van der Waals surface area contributed by atoms with Crippen LogP contribution in [0.1, 0.15) is 38.3 Å². The number of esters is 1. The summed E-state index contributed by atoms with van der Waals surface area (Å²) in [6, 6.07) is 18.0. The summed E-state index contributed by atoms with van der Waals surface area (Å²) in [7, 11) is 0. The maximum atomic E-state index is 12.7. The number of allylic oxidation sites excluding steroid dienone is 1. The van der Waals surface area contributed by atoms with Crippen LogP contribution in [0.4, 0.5) is 4.79 Å². The highest BCUT2D eigenvalue weighted by Crippen LogP contribution is 2.10. The molecule has 1 amide bonds. The molecule has 2 rings (SSSR count). The number of nitrogens with one attached hydrogen (secondary N) is 2. The smallest absolute Gasteiger partial charge is 0.408 e. The lowest BCUT2D eigenvalue weighted by molar-refractivity contribution is -0.147. The normalized spacial score (nSPS) is 12.5. The van der Waals surface area contributed by atoms with Crippen molar-refractivity contribution in [1.82, 2.24) is 10.8 Å².